The van der Waals surface area contributed by atoms with Crippen molar-refractivity contribution < 1.29 is 14.3 Å². The summed E-state index contributed by atoms with van der Waals surface area (Å²) < 4.78 is 5.12. The molecule has 0 fully saturated rings. The molecule has 30 heavy (non-hydrogen) atoms. The number of carbonyl (C=O) groups is 2. The molecule has 6 nitrogen and oxygen atoms in total. The highest BCUT2D eigenvalue weighted by Gasteiger charge is 2.23. The number of benzene rings is 2. The number of nitrogens with one attached hydrogen (secondary N) is 3. The molecule has 1 atom stereocenters. The second kappa shape index (κ2) is 10.1. The van der Waals surface area contributed by atoms with E-state index in [1.54, 1.807) is 7.11 Å². The van der Waals surface area contributed by atoms with Gasteiger partial charge in [0.1, 0.15) is 6.04 Å². The minimum atomic E-state index is -0.646. The van der Waals surface area contributed by atoms with E-state index in [2.05, 4.69) is 15.6 Å². The van der Waals surface area contributed by atoms with Gasteiger partial charge in [-0.15, -0.1) is 0 Å². The van der Waals surface area contributed by atoms with E-state index in [4.69, 9.17) is 4.74 Å². The Balaban J connectivity index is 1.70. The Kier molecular flexibility index (Phi) is 7.25. The SMILES string of the molecule is COCc1ccc(CNC(=O)C(Cc2c[nH]c3ccccc23)NC(=O)C(C)C)cc1. The Bertz CT molecular complexity index is 992. The van der Waals surface area contributed by atoms with Gasteiger partial charge in [-0.1, -0.05) is 56.3 Å². The Labute approximate surface area is 177 Å². The first-order valence-electron chi connectivity index (χ1n) is 10.2. The van der Waals surface area contributed by atoms with Gasteiger partial charge in [-0.3, -0.25) is 9.59 Å². The summed E-state index contributed by atoms with van der Waals surface area (Å²) in [5.74, 6) is -0.536. The molecular formula is C24H29N3O3. The minimum Gasteiger partial charge on any atom is -0.380 e. The first-order valence-corrected chi connectivity index (χ1v) is 10.2. The van der Waals surface area contributed by atoms with E-state index >= 15 is 0 Å². The Hall–Kier alpha value is -3.12. The number of carbonyl (C=O) groups excluding carboxylic acids is 2. The molecule has 0 spiro atoms. The van der Waals surface area contributed by atoms with E-state index < -0.39 is 6.04 Å². The van der Waals surface area contributed by atoms with Gasteiger partial charge in [0.25, 0.3) is 0 Å². The third-order valence-corrected chi connectivity index (χ3v) is 5.06. The molecule has 0 saturated heterocycles. The number of rotatable bonds is 9. The van der Waals surface area contributed by atoms with E-state index in [0.717, 1.165) is 27.6 Å². The number of amides is 2. The summed E-state index contributed by atoms with van der Waals surface area (Å²) in [5, 5.41) is 6.92. The van der Waals surface area contributed by atoms with Crippen molar-refractivity contribution in [3.8, 4) is 0 Å². The lowest BCUT2D eigenvalue weighted by molar-refractivity contribution is -0.130. The number of aromatic nitrogens is 1. The van der Waals surface area contributed by atoms with Crippen molar-refractivity contribution in [1.82, 2.24) is 15.6 Å². The fraction of sp³-hybridized carbons (Fsp3) is 0.333. The van der Waals surface area contributed by atoms with Gasteiger partial charge in [-0.2, -0.15) is 0 Å². The van der Waals surface area contributed by atoms with Crippen LogP contribution in [0.25, 0.3) is 10.9 Å². The van der Waals surface area contributed by atoms with Crippen molar-refractivity contribution in [3.05, 3.63) is 71.4 Å². The molecule has 1 unspecified atom stereocenters. The maximum atomic E-state index is 13.0. The number of ether oxygens (including phenoxy) is 1. The van der Waals surface area contributed by atoms with Gasteiger partial charge >= 0.3 is 0 Å². The molecular weight excluding hydrogens is 378 g/mol. The largest absolute Gasteiger partial charge is 0.380 e. The molecule has 0 radical (unpaired) electrons. The monoisotopic (exact) mass is 407 g/mol. The van der Waals surface area contributed by atoms with Gasteiger partial charge in [-0.05, 0) is 22.8 Å². The highest BCUT2D eigenvalue weighted by Crippen LogP contribution is 2.19. The van der Waals surface area contributed by atoms with Gasteiger partial charge in [0.15, 0.2) is 0 Å². The molecule has 2 aromatic carbocycles. The van der Waals surface area contributed by atoms with Crippen molar-refractivity contribution in [2.24, 2.45) is 5.92 Å². The summed E-state index contributed by atoms with van der Waals surface area (Å²) >= 11 is 0. The minimum absolute atomic E-state index is 0.140. The predicted molar refractivity (Wildman–Crippen MR) is 118 cm³/mol. The van der Waals surface area contributed by atoms with E-state index in [1.807, 2.05) is 68.6 Å². The standard InChI is InChI=1S/C24H29N3O3/c1-16(2)23(28)27-22(12-19-14-25-21-7-5-4-6-20(19)21)24(29)26-13-17-8-10-18(11-9-17)15-30-3/h4-11,14,16,22,25H,12-13,15H2,1-3H3,(H,26,29)(H,27,28). The van der Waals surface area contributed by atoms with Crippen LogP contribution in [0.3, 0.4) is 0 Å². The normalized spacial score (nSPS) is 12.1. The molecule has 0 aliphatic rings. The van der Waals surface area contributed by atoms with E-state index in [1.165, 1.54) is 0 Å². The average Bonchev–Trinajstić information content (AvgIpc) is 3.15. The number of aromatic amines is 1. The van der Waals surface area contributed by atoms with Crippen LogP contribution in [-0.2, 0) is 33.9 Å². The first kappa shape index (κ1) is 21.6. The van der Waals surface area contributed by atoms with Crippen LogP contribution < -0.4 is 10.6 Å². The second-order valence-corrected chi connectivity index (χ2v) is 7.75. The molecule has 0 bridgehead atoms. The van der Waals surface area contributed by atoms with Gasteiger partial charge in [-0.25, -0.2) is 0 Å². The van der Waals surface area contributed by atoms with Crippen molar-refractivity contribution in [3.63, 3.8) is 0 Å². The number of fused-ring (bicyclic) bond motifs is 1. The van der Waals surface area contributed by atoms with E-state index in [-0.39, 0.29) is 17.7 Å². The summed E-state index contributed by atoms with van der Waals surface area (Å²) in [5.41, 5.74) is 4.08. The second-order valence-electron chi connectivity index (χ2n) is 7.75. The van der Waals surface area contributed by atoms with Gasteiger partial charge in [0.05, 0.1) is 6.61 Å². The van der Waals surface area contributed by atoms with Crippen LogP contribution in [0.5, 0.6) is 0 Å². The van der Waals surface area contributed by atoms with E-state index in [0.29, 0.717) is 19.6 Å². The number of H-pyrrole nitrogens is 1. The molecule has 0 aliphatic heterocycles. The predicted octanol–water partition coefficient (Wildman–Crippen LogP) is 3.31. The van der Waals surface area contributed by atoms with Crippen LogP contribution >= 0.6 is 0 Å². The lowest BCUT2D eigenvalue weighted by Gasteiger charge is -2.20. The summed E-state index contributed by atoms with van der Waals surface area (Å²) in [6, 6.07) is 15.2. The fourth-order valence-electron chi connectivity index (χ4n) is 3.30. The van der Waals surface area contributed by atoms with Crippen molar-refractivity contribution >= 4 is 22.7 Å². The third kappa shape index (κ3) is 5.48. The zero-order valence-corrected chi connectivity index (χ0v) is 17.7. The highest BCUT2D eigenvalue weighted by molar-refractivity contribution is 5.90. The first-order chi connectivity index (χ1) is 14.5. The zero-order valence-electron chi connectivity index (χ0n) is 17.7. The van der Waals surface area contributed by atoms with Crippen LogP contribution in [0.2, 0.25) is 0 Å². The molecule has 1 aromatic heterocycles. The molecule has 1 heterocycles. The molecule has 158 valence electrons. The summed E-state index contributed by atoms with van der Waals surface area (Å²) in [6.45, 7) is 4.59. The average molecular weight is 408 g/mol. The lowest BCUT2D eigenvalue weighted by atomic mass is 10.0. The fourth-order valence-corrected chi connectivity index (χ4v) is 3.30. The van der Waals surface area contributed by atoms with Gasteiger partial charge < -0.3 is 20.4 Å². The number of hydrogen-bond acceptors (Lipinski definition) is 3. The summed E-state index contributed by atoms with van der Waals surface area (Å²) in [4.78, 5) is 28.5. The molecule has 0 aliphatic carbocycles. The molecule has 3 rings (SSSR count). The van der Waals surface area contributed by atoms with Crippen LogP contribution in [0.4, 0.5) is 0 Å². The highest BCUT2D eigenvalue weighted by atomic mass is 16.5. The number of methoxy groups -OCH3 is 1. The van der Waals surface area contributed by atoms with Crippen LogP contribution in [0.15, 0.2) is 54.7 Å². The van der Waals surface area contributed by atoms with Crippen LogP contribution in [0.1, 0.15) is 30.5 Å². The zero-order chi connectivity index (χ0) is 21.5. The number of para-hydroxylation sites is 1. The maximum Gasteiger partial charge on any atom is 0.243 e. The topological polar surface area (TPSA) is 83.2 Å². The number of hydrogen-bond donors (Lipinski definition) is 3. The van der Waals surface area contributed by atoms with Crippen LogP contribution in [0, 0.1) is 5.92 Å². The maximum absolute atomic E-state index is 13.0. The molecule has 2 amide bonds. The smallest absolute Gasteiger partial charge is 0.243 e. The van der Waals surface area contributed by atoms with E-state index in [9.17, 15) is 9.59 Å². The Morgan fingerprint density at radius 1 is 1.00 bits per heavy atom. The molecule has 0 saturated carbocycles. The van der Waals surface area contributed by atoms with Crippen molar-refractivity contribution in [2.45, 2.75) is 39.5 Å². The molecule has 3 aromatic rings. The van der Waals surface area contributed by atoms with Crippen molar-refractivity contribution in [2.75, 3.05) is 7.11 Å². The Morgan fingerprint density at radius 3 is 2.40 bits per heavy atom. The lowest BCUT2D eigenvalue weighted by Crippen LogP contribution is -2.48. The van der Waals surface area contributed by atoms with Gasteiger partial charge in [0.2, 0.25) is 11.8 Å². The van der Waals surface area contributed by atoms with Crippen LogP contribution in [-0.4, -0.2) is 29.9 Å². The quantitative estimate of drug-likeness (QED) is 0.509. The third-order valence-electron chi connectivity index (χ3n) is 5.06. The summed E-state index contributed by atoms with van der Waals surface area (Å²) in [7, 11) is 1.66. The Morgan fingerprint density at radius 2 is 1.70 bits per heavy atom. The van der Waals surface area contributed by atoms with Crippen molar-refractivity contribution in [1.29, 1.82) is 0 Å². The molecule has 6 heteroatoms. The van der Waals surface area contributed by atoms with Gasteiger partial charge in [0, 0.05) is 43.1 Å². The summed E-state index contributed by atoms with van der Waals surface area (Å²) in [6.07, 6.45) is 2.32. The molecule has 3 N–H and O–H groups in total.